The van der Waals surface area contributed by atoms with Crippen molar-refractivity contribution in [2.45, 2.75) is 31.8 Å². The van der Waals surface area contributed by atoms with Gasteiger partial charge in [0, 0.05) is 19.2 Å². The average Bonchev–Trinajstić information content (AvgIpc) is 3.33. The lowest BCUT2D eigenvalue weighted by Gasteiger charge is -2.23. The number of carbonyl (C=O) groups is 1. The molecule has 2 aromatic carbocycles. The normalized spacial score (nSPS) is 22.2. The van der Waals surface area contributed by atoms with E-state index in [0.29, 0.717) is 12.2 Å². The van der Waals surface area contributed by atoms with Crippen LogP contribution in [0.3, 0.4) is 0 Å². The summed E-state index contributed by atoms with van der Waals surface area (Å²) < 4.78 is 12.9. The Morgan fingerprint density at radius 3 is 3.00 bits per heavy atom. The number of hydrogen-bond donors (Lipinski definition) is 0. The van der Waals surface area contributed by atoms with Gasteiger partial charge in [-0.3, -0.25) is 9.69 Å². The third-order valence-electron chi connectivity index (χ3n) is 5.55. The van der Waals surface area contributed by atoms with Crippen LogP contribution in [-0.4, -0.2) is 41.6 Å². The first-order valence-corrected chi connectivity index (χ1v) is 10.6. The fourth-order valence-electron chi connectivity index (χ4n) is 3.95. The Morgan fingerprint density at radius 2 is 2.18 bits per heavy atom. The summed E-state index contributed by atoms with van der Waals surface area (Å²) in [6.45, 7) is 5.25. The molecule has 0 amide bonds. The zero-order valence-electron chi connectivity index (χ0n) is 15.8. The van der Waals surface area contributed by atoms with Crippen molar-refractivity contribution in [3.05, 3.63) is 53.0 Å². The Kier molecular flexibility index (Phi) is 4.53. The van der Waals surface area contributed by atoms with Gasteiger partial charge in [0.25, 0.3) is 0 Å². The number of hydrogen-bond acceptors (Lipinski definition) is 6. The van der Waals surface area contributed by atoms with Crippen LogP contribution in [0.15, 0.2) is 42.5 Å². The van der Waals surface area contributed by atoms with Crippen molar-refractivity contribution < 1.29 is 14.3 Å². The van der Waals surface area contributed by atoms with Gasteiger partial charge in [-0.15, -0.1) is 11.3 Å². The SMILES string of the molecule is CCN1CC[C@@H](Oc2ccc3c(c2)OC(=O)C(c2nc4ccccc4s2)C3)C1. The molecule has 144 valence electrons. The largest absolute Gasteiger partial charge is 0.489 e. The first-order valence-electron chi connectivity index (χ1n) is 9.78. The lowest BCUT2D eigenvalue weighted by Crippen LogP contribution is -2.26. The number of rotatable bonds is 4. The first-order chi connectivity index (χ1) is 13.7. The molecule has 0 spiro atoms. The molecular formula is C22H22N2O3S. The van der Waals surface area contributed by atoms with Crippen LogP contribution < -0.4 is 9.47 Å². The van der Waals surface area contributed by atoms with Gasteiger partial charge in [0.15, 0.2) is 0 Å². The minimum Gasteiger partial charge on any atom is -0.489 e. The number of benzene rings is 2. The number of ether oxygens (including phenoxy) is 2. The minimum absolute atomic E-state index is 0.202. The molecule has 5 nitrogen and oxygen atoms in total. The summed E-state index contributed by atoms with van der Waals surface area (Å²) in [7, 11) is 0. The second-order valence-electron chi connectivity index (χ2n) is 7.39. The van der Waals surface area contributed by atoms with Crippen LogP contribution in [0.4, 0.5) is 0 Å². The molecule has 28 heavy (non-hydrogen) atoms. The fourth-order valence-corrected chi connectivity index (χ4v) is 5.01. The summed E-state index contributed by atoms with van der Waals surface area (Å²) in [4.78, 5) is 19.7. The molecule has 6 heteroatoms. The van der Waals surface area contributed by atoms with Crippen LogP contribution in [0.2, 0.25) is 0 Å². The first kappa shape index (κ1) is 17.6. The standard InChI is InChI=1S/C22H22N2O3S/c1-2-24-10-9-16(13-24)26-15-8-7-14-11-17(22(25)27-19(14)12-15)21-23-18-5-3-4-6-20(18)28-21/h3-8,12,16-17H,2,9-11,13H2,1H3/t16-,17?/m1/s1. The van der Waals surface area contributed by atoms with Gasteiger partial charge in [-0.1, -0.05) is 25.1 Å². The molecule has 2 atom stereocenters. The van der Waals surface area contributed by atoms with Crippen LogP contribution in [0, 0.1) is 0 Å². The molecule has 1 unspecified atom stereocenters. The van der Waals surface area contributed by atoms with Crippen LogP contribution in [0.1, 0.15) is 29.8 Å². The Hall–Kier alpha value is -2.44. The van der Waals surface area contributed by atoms with E-state index in [-0.39, 0.29) is 18.0 Å². The van der Waals surface area contributed by atoms with E-state index < -0.39 is 0 Å². The molecule has 2 aliphatic heterocycles. The van der Waals surface area contributed by atoms with Crippen molar-refractivity contribution in [3.63, 3.8) is 0 Å². The van der Waals surface area contributed by atoms with E-state index in [0.717, 1.165) is 52.6 Å². The van der Waals surface area contributed by atoms with Crippen molar-refractivity contribution >= 4 is 27.5 Å². The number of aromatic nitrogens is 1. The number of likely N-dealkylation sites (tertiary alicyclic amines) is 1. The van der Waals surface area contributed by atoms with Crippen molar-refractivity contribution in [3.8, 4) is 11.5 Å². The molecule has 0 bridgehead atoms. The summed E-state index contributed by atoms with van der Waals surface area (Å²) in [6.07, 6.45) is 1.85. The van der Waals surface area contributed by atoms with Gasteiger partial charge in [-0.25, -0.2) is 4.98 Å². The highest BCUT2D eigenvalue weighted by atomic mass is 32.1. The maximum absolute atomic E-state index is 12.7. The lowest BCUT2D eigenvalue weighted by molar-refractivity contribution is -0.137. The molecule has 0 aliphatic carbocycles. The summed E-state index contributed by atoms with van der Waals surface area (Å²) in [5, 5.41) is 0.822. The quantitative estimate of drug-likeness (QED) is 0.494. The van der Waals surface area contributed by atoms with Crippen molar-refractivity contribution in [1.29, 1.82) is 0 Å². The number of nitrogens with zero attached hydrogens (tertiary/aromatic N) is 2. The predicted molar refractivity (Wildman–Crippen MR) is 109 cm³/mol. The summed E-state index contributed by atoms with van der Waals surface area (Å²) in [5.41, 5.74) is 1.96. The molecule has 0 radical (unpaired) electrons. The van der Waals surface area contributed by atoms with Gasteiger partial charge in [0.1, 0.15) is 28.5 Å². The highest BCUT2D eigenvalue weighted by Crippen LogP contribution is 2.38. The van der Waals surface area contributed by atoms with E-state index in [1.165, 1.54) is 0 Å². The number of likely N-dealkylation sites (N-methyl/N-ethyl adjacent to an activating group) is 1. The topological polar surface area (TPSA) is 51.7 Å². The number of thiazole rings is 1. The second kappa shape index (κ2) is 7.18. The molecule has 2 aliphatic rings. The van der Waals surface area contributed by atoms with Gasteiger partial charge >= 0.3 is 5.97 Å². The van der Waals surface area contributed by atoms with E-state index in [1.54, 1.807) is 11.3 Å². The Balaban J connectivity index is 1.35. The Labute approximate surface area is 167 Å². The molecule has 3 aromatic rings. The van der Waals surface area contributed by atoms with Gasteiger partial charge in [-0.05, 0) is 43.1 Å². The number of esters is 1. The second-order valence-corrected chi connectivity index (χ2v) is 8.45. The smallest absolute Gasteiger partial charge is 0.321 e. The number of carbonyl (C=O) groups excluding carboxylic acids is 1. The van der Waals surface area contributed by atoms with Crippen LogP contribution in [-0.2, 0) is 11.2 Å². The van der Waals surface area contributed by atoms with E-state index in [9.17, 15) is 4.79 Å². The molecule has 0 N–H and O–H groups in total. The molecule has 5 rings (SSSR count). The van der Waals surface area contributed by atoms with E-state index in [1.807, 2.05) is 42.5 Å². The van der Waals surface area contributed by atoms with Crippen LogP contribution >= 0.6 is 11.3 Å². The monoisotopic (exact) mass is 394 g/mol. The molecule has 1 fully saturated rings. The molecule has 1 aromatic heterocycles. The highest BCUT2D eigenvalue weighted by Gasteiger charge is 2.33. The molecule has 0 saturated carbocycles. The predicted octanol–water partition coefficient (Wildman–Crippen LogP) is 4.01. The summed E-state index contributed by atoms with van der Waals surface area (Å²) >= 11 is 1.57. The Bertz CT molecular complexity index is 999. The van der Waals surface area contributed by atoms with Gasteiger partial charge in [-0.2, -0.15) is 0 Å². The number of para-hydroxylation sites is 1. The highest BCUT2D eigenvalue weighted by molar-refractivity contribution is 7.18. The third kappa shape index (κ3) is 3.27. The van der Waals surface area contributed by atoms with Gasteiger partial charge in [0.05, 0.1) is 10.2 Å². The summed E-state index contributed by atoms with van der Waals surface area (Å²) in [5.74, 6) is 0.810. The zero-order valence-corrected chi connectivity index (χ0v) is 16.6. The molecule has 1 saturated heterocycles. The van der Waals surface area contributed by atoms with E-state index >= 15 is 0 Å². The fraction of sp³-hybridized carbons (Fsp3) is 0.364. The Morgan fingerprint density at radius 1 is 1.29 bits per heavy atom. The van der Waals surface area contributed by atoms with E-state index in [2.05, 4.69) is 16.8 Å². The maximum atomic E-state index is 12.7. The lowest BCUT2D eigenvalue weighted by atomic mass is 9.96. The van der Waals surface area contributed by atoms with Crippen LogP contribution in [0.25, 0.3) is 10.2 Å². The average molecular weight is 394 g/mol. The number of fused-ring (bicyclic) bond motifs is 2. The van der Waals surface area contributed by atoms with Crippen molar-refractivity contribution in [2.24, 2.45) is 0 Å². The van der Waals surface area contributed by atoms with Gasteiger partial charge < -0.3 is 9.47 Å². The van der Waals surface area contributed by atoms with Crippen molar-refractivity contribution in [2.75, 3.05) is 19.6 Å². The van der Waals surface area contributed by atoms with Crippen LogP contribution in [0.5, 0.6) is 11.5 Å². The zero-order chi connectivity index (χ0) is 19.1. The molecule has 3 heterocycles. The van der Waals surface area contributed by atoms with Gasteiger partial charge in [0.2, 0.25) is 0 Å². The minimum atomic E-state index is -0.343. The van der Waals surface area contributed by atoms with E-state index in [4.69, 9.17) is 9.47 Å². The summed E-state index contributed by atoms with van der Waals surface area (Å²) in [6, 6.07) is 13.8. The third-order valence-corrected chi connectivity index (χ3v) is 6.70. The van der Waals surface area contributed by atoms with Crippen molar-refractivity contribution in [1.82, 2.24) is 9.88 Å². The maximum Gasteiger partial charge on any atom is 0.321 e. The molecular weight excluding hydrogens is 372 g/mol.